The summed E-state index contributed by atoms with van der Waals surface area (Å²) in [6.07, 6.45) is 8.05. The third kappa shape index (κ3) is 5.35. The van der Waals surface area contributed by atoms with E-state index in [0.29, 0.717) is 11.6 Å². The van der Waals surface area contributed by atoms with Gasteiger partial charge in [0, 0.05) is 18.0 Å². The fourth-order valence-corrected chi connectivity index (χ4v) is 4.85. The molecule has 0 unspecified atom stereocenters. The normalized spacial score (nSPS) is 21.5. The number of rotatable bonds is 7. The molecule has 1 amide bonds. The van der Waals surface area contributed by atoms with E-state index in [1.165, 1.54) is 16.9 Å². The van der Waals surface area contributed by atoms with Crippen LogP contribution in [0.5, 0.6) is 0 Å². The maximum absolute atomic E-state index is 13.5. The Kier molecular flexibility index (Phi) is 7.28. The van der Waals surface area contributed by atoms with Crippen LogP contribution in [0.25, 0.3) is 0 Å². The quantitative estimate of drug-likeness (QED) is 0.386. The summed E-state index contributed by atoms with van der Waals surface area (Å²) < 4.78 is 29.1. The molecule has 1 aliphatic carbocycles. The number of anilines is 1. The first kappa shape index (κ1) is 21.8. The zero-order valence-electron chi connectivity index (χ0n) is 16.3. The average Bonchev–Trinajstić information content (AvgIpc) is 3.16. The predicted octanol–water partition coefficient (Wildman–Crippen LogP) is 3.27. The second-order valence-corrected chi connectivity index (χ2v) is 8.72. The van der Waals surface area contributed by atoms with E-state index in [1.54, 1.807) is 13.1 Å². The van der Waals surface area contributed by atoms with Crippen molar-refractivity contribution in [2.75, 3.05) is 5.32 Å². The SMILES string of the molecule is CC1CCC([C@H](NI=O)C(=O)Nc2cnn([C@@H](C)c3cc(F)c[nH]c3=O)c2)CC1. The fraction of sp³-hybridized carbons (Fsp3) is 0.526. The summed E-state index contributed by atoms with van der Waals surface area (Å²) in [7, 11) is 0. The molecule has 1 aliphatic rings. The molecular formula is C19H25FIN5O3. The van der Waals surface area contributed by atoms with Gasteiger partial charge in [-0.2, -0.15) is 5.10 Å². The summed E-state index contributed by atoms with van der Waals surface area (Å²) in [6.45, 7) is 3.93. The van der Waals surface area contributed by atoms with Gasteiger partial charge in [0.2, 0.25) is 27.4 Å². The molecule has 0 saturated heterocycles. The molecule has 0 bridgehead atoms. The molecule has 0 spiro atoms. The Hall–Kier alpha value is -1.95. The minimum Gasteiger partial charge on any atom is -0.326 e. The molecule has 2 atom stereocenters. The number of carbonyl (C=O) groups excluding carboxylic acids is 1. The number of hydrogen-bond acceptors (Lipinski definition) is 4. The van der Waals surface area contributed by atoms with Crippen molar-refractivity contribution in [1.29, 1.82) is 0 Å². The first-order valence-electron chi connectivity index (χ1n) is 9.63. The van der Waals surface area contributed by atoms with Crippen molar-refractivity contribution in [2.24, 2.45) is 11.8 Å². The topological polar surface area (TPSA) is 109 Å². The van der Waals surface area contributed by atoms with E-state index in [-0.39, 0.29) is 17.4 Å². The van der Waals surface area contributed by atoms with Crippen molar-refractivity contribution in [3.8, 4) is 0 Å². The molecule has 1 saturated carbocycles. The lowest BCUT2D eigenvalue weighted by molar-refractivity contribution is -0.119. The van der Waals surface area contributed by atoms with E-state index >= 15 is 0 Å². The highest BCUT2D eigenvalue weighted by atomic mass is 127. The van der Waals surface area contributed by atoms with Crippen molar-refractivity contribution >= 4 is 33.1 Å². The van der Waals surface area contributed by atoms with Crippen molar-refractivity contribution < 1.29 is 12.3 Å². The molecule has 2 heterocycles. The third-order valence-corrected chi connectivity index (χ3v) is 6.51. The second kappa shape index (κ2) is 9.70. The smallest absolute Gasteiger partial charge is 0.253 e. The van der Waals surface area contributed by atoms with E-state index < -0.39 is 44.9 Å². The van der Waals surface area contributed by atoms with Crippen molar-refractivity contribution in [3.63, 3.8) is 0 Å². The first-order valence-corrected chi connectivity index (χ1v) is 11.6. The first-order chi connectivity index (χ1) is 13.9. The zero-order valence-corrected chi connectivity index (χ0v) is 18.5. The van der Waals surface area contributed by atoms with Gasteiger partial charge in [-0.25, -0.2) is 7.92 Å². The van der Waals surface area contributed by atoms with Crippen LogP contribution in [0.1, 0.15) is 51.1 Å². The highest BCUT2D eigenvalue weighted by Crippen LogP contribution is 2.31. The molecule has 0 aromatic carbocycles. The van der Waals surface area contributed by atoms with Gasteiger partial charge in [-0.3, -0.25) is 17.3 Å². The van der Waals surface area contributed by atoms with Crippen LogP contribution in [-0.2, 0) is 7.86 Å². The summed E-state index contributed by atoms with van der Waals surface area (Å²) in [5.41, 5.74) is 0.308. The minimum atomic E-state index is -1.48. The van der Waals surface area contributed by atoms with Crippen LogP contribution < -0.4 is 14.4 Å². The molecule has 0 aliphatic heterocycles. The van der Waals surface area contributed by atoms with Crippen molar-refractivity contribution in [2.45, 2.75) is 51.6 Å². The van der Waals surface area contributed by atoms with E-state index in [2.05, 4.69) is 25.9 Å². The number of carbonyl (C=O) groups is 1. The van der Waals surface area contributed by atoms with Gasteiger partial charge in [0.15, 0.2) is 0 Å². The molecule has 3 rings (SSSR count). The number of halogens is 2. The molecular weight excluding hydrogens is 492 g/mol. The van der Waals surface area contributed by atoms with E-state index in [1.807, 2.05) is 0 Å². The van der Waals surface area contributed by atoms with Gasteiger partial charge in [0.1, 0.15) is 11.9 Å². The Morgan fingerprint density at radius 3 is 2.79 bits per heavy atom. The van der Waals surface area contributed by atoms with Crippen LogP contribution in [0.15, 0.2) is 29.5 Å². The number of nitrogens with zero attached hydrogens (tertiary/aromatic N) is 2. The molecule has 2 aromatic heterocycles. The Morgan fingerprint density at radius 1 is 1.38 bits per heavy atom. The van der Waals surface area contributed by atoms with Gasteiger partial charge in [0.25, 0.3) is 5.56 Å². The summed E-state index contributed by atoms with van der Waals surface area (Å²) >= 11 is -1.48. The Balaban J connectivity index is 1.71. The summed E-state index contributed by atoms with van der Waals surface area (Å²) in [5.74, 6) is 0.0296. The van der Waals surface area contributed by atoms with Crippen molar-refractivity contribution in [3.05, 3.63) is 46.4 Å². The highest BCUT2D eigenvalue weighted by Gasteiger charge is 2.31. The largest absolute Gasteiger partial charge is 0.326 e. The summed E-state index contributed by atoms with van der Waals surface area (Å²) in [6, 6.07) is 0.159. The lowest BCUT2D eigenvalue weighted by Crippen LogP contribution is -2.43. The number of hydrogen-bond donors (Lipinski definition) is 3. The van der Waals surface area contributed by atoms with Crippen LogP contribution in [0, 0.1) is 17.7 Å². The van der Waals surface area contributed by atoms with Crippen LogP contribution >= 0.6 is 21.5 Å². The number of pyridine rings is 1. The zero-order chi connectivity index (χ0) is 21.0. The number of aromatic amines is 1. The molecule has 29 heavy (non-hydrogen) atoms. The molecule has 2 aromatic rings. The van der Waals surface area contributed by atoms with Gasteiger partial charge < -0.3 is 10.3 Å². The van der Waals surface area contributed by atoms with Gasteiger partial charge >= 0.3 is 0 Å². The maximum Gasteiger partial charge on any atom is 0.253 e. The Morgan fingerprint density at radius 2 is 2.10 bits per heavy atom. The van der Waals surface area contributed by atoms with E-state index in [9.17, 15) is 17.0 Å². The van der Waals surface area contributed by atoms with Crippen LogP contribution in [0.2, 0.25) is 0 Å². The second-order valence-electron chi connectivity index (χ2n) is 7.66. The monoisotopic (exact) mass is 517 g/mol. The van der Waals surface area contributed by atoms with Gasteiger partial charge in [0.05, 0.1) is 17.9 Å². The van der Waals surface area contributed by atoms with E-state index in [4.69, 9.17) is 0 Å². The molecule has 0 radical (unpaired) electrons. The summed E-state index contributed by atoms with van der Waals surface area (Å²) in [4.78, 5) is 27.1. The fourth-order valence-electron chi connectivity index (χ4n) is 3.78. The lowest BCUT2D eigenvalue weighted by atomic mass is 9.79. The van der Waals surface area contributed by atoms with Gasteiger partial charge in [-0.05, 0) is 37.7 Å². The molecule has 3 N–H and O–H groups in total. The molecule has 158 valence electrons. The third-order valence-electron chi connectivity index (χ3n) is 5.59. The van der Waals surface area contributed by atoms with Crippen LogP contribution in [0.3, 0.4) is 0 Å². The lowest BCUT2D eigenvalue weighted by Gasteiger charge is -2.30. The number of amides is 1. The molecule has 1 fully saturated rings. The molecule has 10 heteroatoms. The van der Waals surface area contributed by atoms with Crippen molar-refractivity contribution in [1.82, 2.24) is 18.3 Å². The number of H-pyrrole nitrogens is 1. The number of aromatic nitrogens is 3. The van der Waals surface area contributed by atoms with Crippen LogP contribution in [0.4, 0.5) is 10.1 Å². The minimum absolute atomic E-state index is 0.152. The average molecular weight is 517 g/mol. The Labute approximate surface area is 178 Å². The van der Waals surface area contributed by atoms with E-state index in [0.717, 1.165) is 31.9 Å². The van der Waals surface area contributed by atoms with Gasteiger partial charge in [-0.15, -0.1) is 0 Å². The molecule has 8 nitrogen and oxygen atoms in total. The van der Waals surface area contributed by atoms with Gasteiger partial charge in [-0.1, -0.05) is 19.8 Å². The predicted molar refractivity (Wildman–Crippen MR) is 114 cm³/mol. The summed E-state index contributed by atoms with van der Waals surface area (Å²) in [5, 5.41) is 7.02. The highest BCUT2D eigenvalue weighted by molar-refractivity contribution is 14.1. The van der Waals surface area contributed by atoms with Crippen LogP contribution in [-0.4, -0.2) is 26.7 Å². The standard InChI is InChI=1S/C19H25FIN5O3/c1-11-3-5-13(6-4-11)17(25-21-29)19(28)24-15-9-23-26(10-15)12(2)16-7-14(20)8-22-18(16)27/h7-13,17H,3-6H2,1-2H3,(H,22,27)(H,24,28)(H,25,29)/t11?,12-,13?,17-/m0/s1. The Bertz CT molecular complexity index is 923. The maximum atomic E-state index is 13.5. The number of nitrogens with one attached hydrogen (secondary N) is 3.